The van der Waals surface area contributed by atoms with Crippen LogP contribution < -0.4 is 14.2 Å². The number of oxime groups is 3. The second-order valence-electron chi connectivity index (χ2n) is 34.9. The second-order valence-corrected chi connectivity index (χ2v) is 34.9. The summed E-state index contributed by atoms with van der Waals surface area (Å²) in [5.41, 5.74) is -0.206. The highest BCUT2D eigenvalue weighted by Gasteiger charge is 2.52. The van der Waals surface area contributed by atoms with Gasteiger partial charge < -0.3 is 44.0 Å². The van der Waals surface area contributed by atoms with Crippen molar-refractivity contribution in [3.8, 4) is 84.3 Å². The van der Waals surface area contributed by atoms with Gasteiger partial charge in [0, 0.05) is 81.3 Å². The van der Waals surface area contributed by atoms with Crippen LogP contribution in [-0.4, -0.2) is 86.6 Å². The van der Waals surface area contributed by atoms with Crippen LogP contribution in [0.5, 0.6) is 17.5 Å². The number of nitrogens with zero attached hydrogens (tertiary/aromatic N) is 6. The molecule has 9 aromatic carbocycles. The Hall–Kier alpha value is -15.0. The van der Waals surface area contributed by atoms with Crippen molar-refractivity contribution >= 4 is 35.0 Å². The predicted molar refractivity (Wildman–Crippen MR) is 475 cm³/mol. The molecule has 3 N–H and O–H groups in total. The molecule has 3 saturated carbocycles. The molecule has 9 atom stereocenters. The van der Waals surface area contributed by atoms with Gasteiger partial charge in [0.25, 0.3) is 0 Å². The van der Waals surface area contributed by atoms with E-state index in [1.807, 2.05) is 0 Å². The minimum Gasteiger partial charge on any atom is -0.496 e. The molecule has 0 unspecified atom stereocenters. The van der Waals surface area contributed by atoms with Gasteiger partial charge in [-0.15, -0.1) is 0 Å². The number of carbonyl (C=O) groups is 3. The van der Waals surface area contributed by atoms with Crippen molar-refractivity contribution in [3.63, 3.8) is 0 Å². The average molecular weight is 2030 g/mol. The van der Waals surface area contributed by atoms with Crippen LogP contribution in [0.3, 0.4) is 0 Å². The monoisotopic (exact) mass is 2020 g/mol. The molecular formula is C103H75F23N6O12. The van der Waals surface area contributed by atoms with Gasteiger partial charge >= 0.3 is 61.1 Å². The van der Waals surface area contributed by atoms with E-state index in [0.717, 1.165) is 54.6 Å². The standard InChI is InChI=1S/C35H26F7NO4.C34H24F9N3O4.C34H25F7N2O4/c1-17-11-19(33(44)45)3-6-24(17)18-4-10-30(46-2)29(14-18)25-7-5-21(34(37,38)39)16-28(25)26-8-9-27-31(26)43-47-32(27)20-12-22(35(40,41)42)15-23(36)13-20;1-15-9-16(31(47)48)3-4-21(15)18-12-25(30(49-2)44-14-18)22-7-8-26(34(41,42)43)45-27(22)23-5-6-24-28(23)46-50-29(24)17-10-19(32(35,36)37)13-20(11-17)33(38,39)40;1-16-9-17(32(44)45)3-5-23(16)19-12-28(31(46-2)42-15-19)24-6-4-20(33(36,37)38)14-27(24)25-7-8-26-29(25)43-47-30(26)18-10-21(34(39,40)41)13-22(35)11-18/h3-7,10-16,26-27,32H,8-9H2,1-2H3,(H,44,45);3-4,7-14,23-24,29H,5-6H2,1-2H3,(H,47,48);3-6,9-15,25-26,30H,7-8H2,1-2H3,(H,44,45)/t26-,27+,32+;23-,24+,29+;25-,26+,30+/m000/s1. The molecule has 0 radical (unpaired) electrons. The molecule has 3 aliphatic heterocycles. The maximum Gasteiger partial charge on any atom is 0.433 e. The second kappa shape index (κ2) is 38.7. The number of benzene rings is 9. The molecule has 12 aromatic rings. The lowest BCUT2D eigenvalue weighted by Gasteiger charge is -2.21. The van der Waals surface area contributed by atoms with Gasteiger partial charge in [0.05, 0.1) is 94.2 Å². The maximum absolute atomic E-state index is 14.3. The summed E-state index contributed by atoms with van der Waals surface area (Å²) >= 11 is 0. The predicted octanol–water partition coefficient (Wildman–Crippen LogP) is 28.6. The smallest absolute Gasteiger partial charge is 0.433 e. The van der Waals surface area contributed by atoms with Gasteiger partial charge in [-0.1, -0.05) is 57.9 Å². The summed E-state index contributed by atoms with van der Waals surface area (Å²) in [5.74, 6) is -9.47. The number of carboxylic acids is 3. The number of fused-ring (bicyclic) bond motifs is 3. The first-order valence-corrected chi connectivity index (χ1v) is 43.7. The summed E-state index contributed by atoms with van der Waals surface area (Å²) < 4.78 is 333. The molecule has 6 heterocycles. The van der Waals surface area contributed by atoms with E-state index in [2.05, 4.69) is 30.4 Å². The summed E-state index contributed by atoms with van der Waals surface area (Å²) in [6, 6.07) is 35.9. The van der Waals surface area contributed by atoms with Crippen LogP contribution >= 0.6 is 0 Å². The Balaban J connectivity index is 0.000000155. The molecule has 3 aliphatic carbocycles. The number of pyridine rings is 3. The molecular weight excluding hydrogens is 1950 g/mol. The van der Waals surface area contributed by atoms with Crippen LogP contribution in [0.4, 0.5) is 101 Å². The molecule has 0 spiro atoms. The van der Waals surface area contributed by atoms with E-state index in [9.17, 15) is 131 Å². The fourth-order valence-corrected chi connectivity index (χ4v) is 19.4. The normalized spacial score (nSPS) is 19.2. The number of carboxylic acid groups (broad SMARTS) is 3. The first-order chi connectivity index (χ1) is 67.7. The number of hydrogen-bond acceptors (Lipinski definition) is 15. The van der Waals surface area contributed by atoms with Crippen molar-refractivity contribution in [1.29, 1.82) is 0 Å². The quantitative estimate of drug-likeness (QED) is 0.0677. The van der Waals surface area contributed by atoms with E-state index < -0.39 is 171 Å². The summed E-state index contributed by atoms with van der Waals surface area (Å²) in [7, 11) is 4.08. The first-order valence-electron chi connectivity index (χ1n) is 43.7. The minimum atomic E-state index is -5.11. The zero-order valence-electron chi connectivity index (χ0n) is 75.4. The van der Waals surface area contributed by atoms with Crippen LogP contribution in [0.15, 0.2) is 216 Å². The van der Waals surface area contributed by atoms with Crippen molar-refractivity contribution < 1.29 is 159 Å². The lowest BCUT2D eigenvalue weighted by atomic mass is 9.84. The van der Waals surface area contributed by atoms with Gasteiger partial charge in [-0.05, 0) is 283 Å². The Labute approximate surface area is 801 Å². The molecule has 18 rings (SSSR count). The Morgan fingerprint density at radius 3 is 1.01 bits per heavy atom. The molecule has 18 nitrogen and oxygen atoms in total. The third-order valence-corrected chi connectivity index (χ3v) is 26.1. The summed E-state index contributed by atoms with van der Waals surface area (Å²) in [5, 5.41) is 40.4. The Kier molecular flexibility index (Phi) is 27.4. The van der Waals surface area contributed by atoms with Crippen molar-refractivity contribution in [2.75, 3.05) is 21.3 Å². The number of hydrogen-bond donors (Lipinski definition) is 3. The van der Waals surface area contributed by atoms with Gasteiger partial charge in [0.2, 0.25) is 11.8 Å². The number of rotatable bonds is 18. The van der Waals surface area contributed by atoms with Gasteiger partial charge in [-0.2, -0.15) is 92.2 Å². The van der Waals surface area contributed by atoms with E-state index in [1.54, 1.807) is 69.3 Å². The zero-order valence-corrected chi connectivity index (χ0v) is 75.4. The number of alkyl halides is 21. The first kappa shape index (κ1) is 102. The number of aryl methyl sites for hydroxylation is 3. The highest BCUT2D eigenvalue weighted by Crippen LogP contribution is 2.57. The highest BCUT2D eigenvalue weighted by molar-refractivity contribution is 6.01. The molecule has 0 bridgehead atoms. The number of aromatic carboxylic acids is 3. The van der Waals surface area contributed by atoms with Crippen LogP contribution in [0.1, 0.15) is 195 Å². The topological polar surface area (TPSA) is 243 Å². The van der Waals surface area contributed by atoms with Crippen LogP contribution in [0, 0.1) is 50.2 Å². The maximum atomic E-state index is 14.3. The van der Waals surface area contributed by atoms with Gasteiger partial charge in [-0.25, -0.2) is 38.1 Å². The van der Waals surface area contributed by atoms with Crippen molar-refractivity contribution in [1.82, 2.24) is 15.0 Å². The lowest BCUT2D eigenvalue weighted by Crippen LogP contribution is -2.19. The highest BCUT2D eigenvalue weighted by atomic mass is 19.4. The Morgan fingerprint density at radius 2 is 0.653 bits per heavy atom. The number of aromatic nitrogens is 3. The van der Waals surface area contributed by atoms with Gasteiger partial charge in [0.1, 0.15) is 23.1 Å². The van der Waals surface area contributed by atoms with Gasteiger partial charge in [-0.3, -0.25) is 0 Å². The summed E-state index contributed by atoms with van der Waals surface area (Å²) in [4.78, 5) is 63.6. The largest absolute Gasteiger partial charge is 0.496 e. The number of methoxy groups -OCH3 is 3. The van der Waals surface area contributed by atoms with Crippen molar-refractivity contribution in [3.05, 3.63) is 318 Å². The summed E-state index contributed by atoms with van der Waals surface area (Å²) in [6.45, 7) is 5.14. The Morgan fingerprint density at radius 1 is 0.319 bits per heavy atom. The number of ether oxygens (including phenoxy) is 3. The van der Waals surface area contributed by atoms with Crippen molar-refractivity contribution in [2.24, 2.45) is 33.2 Å². The van der Waals surface area contributed by atoms with E-state index in [1.165, 1.54) is 88.3 Å². The number of halogens is 23. The molecule has 0 amide bonds. The molecule has 0 saturated heterocycles. The third-order valence-electron chi connectivity index (χ3n) is 26.1. The van der Waals surface area contributed by atoms with Gasteiger partial charge in [0.15, 0.2) is 18.3 Å². The zero-order chi connectivity index (χ0) is 104. The van der Waals surface area contributed by atoms with E-state index in [4.69, 9.17) is 28.7 Å². The minimum absolute atomic E-state index is 0.00590. The van der Waals surface area contributed by atoms with Crippen LogP contribution in [-0.2, 0) is 57.7 Å². The molecule has 41 heteroatoms. The van der Waals surface area contributed by atoms with Crippen LogP contribution in [0.25, 0.3) is 66.8 Å². The Bertz CT molecular complexity index is 6880. The van der Waals surface area contributed by atoms with Crippen molar-refractivity contribution in [2.45, 2.75) is 139 Å². The SMILES string of the molecule is COc1ccc(-c2ccc(C(=O)O)cc2C)cc1-c1ccc(C(F)(F)F)cc1[C@@H]1CC[C@@H]2C1=NO[C@@H]2c1cc(F)cc(C(F)(F)F)c1.COc1ncc(-c2ccc(C(=O)O)cc2C)cc1-c1ccc(C(F)(F)F)cc1[C@@H]1CC[C@@H]2C1=NO[C@@H]2c1cc(F)cc(C(F)(F)F)c1.COc1ncc(-c2ccc(C(=O)O)cc2C)cc1-c1ccc(C(F)(F)F)nc1[C@@H]1CC[C@@H]2C1=NO[C@@H]2c1cc(C(F)(F)F)cc(C(F)(F)F)c1. The molecule has 6 aliphatic rings. The van der Waals surface area contributed by atoms with E-state index >= 15 is 0 Å². The molecule has 3 aromatic heterocycles. The lowest BCUT2D eigenvalue weighted by molar-refractivity contribution is -0.144. The van der Waals surface area contributed by atoms with E-state index in [-0.39, 0.29) is 92.1 Å². The fraction of sp³-hybridized carbons (Fsp3) is 0.272. The van der Waals surface area contributed by atoms with E-state index in [0.29, 0.717) is 139 Å². The van der Waals surface area contributed by atoms with Crippen LogP contribution in [0.2, 0.25) is 0 Å². The average Bonchev–Trinajstić information content (AvgIpc) is 1.59. The molecule has 750 valence electrons. The third kappa shape index (κ3) is 20.7. The molecule has 144 heavy (non-hydrogen) atoms. The summed E-state index contributed by atoms with van der Waals surface area (Å²) in [6.07, 6.45) is -33.1. The molecule has 3 fully saturated rings. The fourth-order valence-electron chi connectivity index (χ4n) is 19.4.